The lowest BCUT2D eigenvalue weighted by Gasteiger charge is -2.43. The first-order valence-corrected chi connectivity index (χ1v) is 8.65. The van der Waals surface area contributed by atoms with Crippen molar-refractivity contribution >= 4 is 40.1 Å². The average Bonchev–Trinajstić information content (AvgIpc) is 3.20. The Hall–Kier alpha value is -1.18. The molecule has 22 heavy (non-hydrogen) atoms. The van der Waals surface area contributed by atoms with E-state index < -0.39 is 11.4 Å². The second-order valence-corrected chi connectivity index (χ2v) is 7.00. The zero-order chi connectivity index (χ0) is 15.5. The number of halogens is 2. The zero-order valence-corrected chi connectivity index (χ0v) is 13.5. The van der Waals surface area contributed by atoms with Gasteiger partial charge in [0, 0.05) is 25.2 Å². The van der Waals surface area contributed by atoms with Crippen molar-refractivity contribution in [2.75, 3.05) is 24.2 Å². The van der Waals surface area contributed by atoms with Crippen molar-refractivity contribution in [2.24, 2.45) is 5.92 Å². The van der Waals surface area contributed by atoms with Gasteiger partial charge in [-0.05, 0) is 19.1 Å². The third kappa shape index (κ3) is 2.14. The summed E-state index contributed by atoms with van der Waals surface area (Å²) in [6.07, 6.45) is 5.16. The highest BCUT2D eigenvalue weighted by atomic mass is 35.5. The second-order valence-electron chi connectivity index (χ2n) is 5.86. The van der Waals surface area contributed by atoms with Gasteiger partial charge in [-0.15, -0.1) is 0 Å². The fourth-order valence-corrected chi connectivity index (χ4v) is 3.37. The quantitative estimate of drug-likeness (QED) is 0.526. The predicted molar refractivity (Wildman–Crippen MR) is 84.0 cm³/mol. The van der Waals surface area contributed by atoms with E-state index in [1.54, 1.807) is 6.20 Å². The van der Waals surface area contributed by atoms with Gasteiger partial charge in [-0.2, -0.15) is 0 Å². The summed E-state index contributed by atoms with van der Waals surface area (Å²) in [5, 5.41) is 11.0. The molecule has 4 rings (SSSR count). The van der Waals surface area contributed by atoms with Crippen molar-refractivity contribution in [1.29, 1.82) is 0 Å². The minimum Gasteiger partial charge on any atom is -0.389 e. The van der Waals surface area contributed by atoms with Gasteiger partial charge in [0.05, 0.1) is 11.0 Å². The van der Waals surface area contributed by atoms with Gasteiger partial charge in [-0.25, -0.2) is 19.3 Å². The highest BCUT2D eigenvalue weighted by molar-refractivity contribution is 7.98. The van der Waals surface area contributed by atoms with Crippen molar-refractivity contribution in [3.63, 3.8) is 0 Å². The van der Waals surface area contributed by atoms with E-state index in [-0.39, 0.29) is 16.6 Å². The van der Waals surface area contributed by atoms with Crippen LogP contribution in [-0.2, 0) is 0 Å². The van der Waals surface area contributed by atoms with E-state index in [0.717, 1.165) is 12.8 Å². The topological polar surface area (TPSA) is 62.1 Å². The number of aliphatic hydroxyl groups is 1. The summed E-state index contributed by atoms with van der Waals surface area (Å²) in [6, 6.07) is 0. The maximum absolute atomic E-state index is 14.2. The number of thioether (sulfide) groups is 1. The number of hydrogen-bond acceptors (Lipinski definition) is 6. The molecule has 1 aliphatic heterocycles. The van der Waals surface area contributed by atoms with Crippen LogP contribution >= 0.6 is 23.4 Å². The van der Waals surface area contributed by atoms with Crippen molar-refractivity contribution in [1.82, 2.24) is 15.0 Å². The minimum atomic E-state index is -0.615. The minimum absolute atomic E-state index is 0.179. The van der Waals surface area contributed by atoms with Crippen LogP contribution in [0.2, 0.25) is 5.15 Å². The second kappa shape index (κ2) is 4.91. The predicted octanol–water partition coefficient (Wildman–Crippen LogP) is 2.50. The van der Waals surface area contributed by atoms with Gasteiger partial charge in [0.15, 0.2) is 16.1 Å². The van der Waals surface area contributed by atoms with Gasteiger partial charge in [0.25, 0.3) is 0 Å². The number of anilines is 1. The number of rotatable bonds is 3. The first-order valence-electron chi connectivity index (χ1n) is 7.05. The Morgan fingerprint density at radius 1 is 1.41 bits per heavy atom. The molecule has 1 aliphatic carbocycles. The Morgan fingerprint density at radius 3 is 2.77 bits per heavy atom. The molecule has 0 radical (unpaired) electrons. The summed E-state index contributed by atoms with van der Waals surface area (Å²) in [5.74, 6) is 0.227. The molecule has 0 amide bonds. The maximum atomic E-state index is 14.2. The summed E-state index contributed by atoms with van der Waals surface area (Å²) in [4.78, 5) is 14.6. The van der Waals surface area contributed by atoms with Crippen molar-refractivity contribution in [3.8, 4) is 0 Å². The average molecular weight is 341 g/mol. The lowest BCUT2D eigenvalue weighted by molar-refractivity contribution is 0.0658. The number of nitrogens with zero attached hydrogens (tertiary/aromatic N) is 4. The zero-order valence-electron chi connectivity index (χ0n) is 11.9. The van der Waals surface area contributed by atoms with Crippen molar-refractivity contribution in [3.05, 3.63) is 17.2 Å². The number of fused-ring (bicyclic) bond motifs is 1. The van der Waals surface area contributed by atoms with E-state index in [1.807, 2.05) is 11.2 Å². The molecule has 3 heterocycles. The molecule has 5 nitrogen and oxygen atoms in total. The third-order valence-electron chi connectivity index (χ3n) is 4.49. The third-order valence-corrected chi connectivity index (χ3v) is 5.30. The van der Waals surface area contributed by atoms with Gasteiger partial charge < -0.3 is 10.0 Å². The molecular weight excluding hydrogens is 327 g/mol. The smallest absolute Gasteiger partial charge is 0.187 e. The standard InChI is InChI=1S/C14H14ClFN4OS/c1-22-13-17-4-8-10(18-13)9(16)11(15)19-12(8)20-5-7(6-20)14(21)2-3-14/h4,7,21H,2-3,5-6H2,1H3. The monoisotopic (exact) mass is 340 g/mol. The SMILES string of the molecule is CSc1ncc2c(N3CC(C4(O)CC4)C3)nc(Cl)c(F)c2n1. The van der Waals surface area contributed by atoms with Crippen LogP contribution < -0.4 is 4.90 Å². The van der Waals surface area contributed by atoms with Crippen LogP contribution in [0.4, 0.5) is 10.2 Å². The largest absolute Gasteiger partial charge is 0.389 e. The van der Waals surface area contributed by atoms with Gasteiger partial charge in [0.1, 0.15) is 11.3 Å². The van der Waals surface area contributed by atoms with Crippen molar-refractivity contribution in [2.45, 2.75) is 23.6 Å². The van der Waals surface area contributed by atoms with Crippen molar-refractivity contribution < 1.29 is 9.50 Å². The molecule has 0 unspecified atom stereocenters. The highest BCUT2D eigenvalue weighted by Gasteiger charge is 2.52. The molecule has 0 bridgehead atoms. The Labute approximate surface area is 135 Å². The number of aromatic nitrogens is 3. The Kier molecular flexibility index (Phi) is 3.22. The molecule has 0 aromatic carbocycles. The first-order chi connectivity index (χ1) is 10.5. The van der Waals surface area contributed by atoms with E-state index in [1.165, 1.54) is 11.8 Å². The molecular formula is C14H14ClFN4OS. The molecule has 2 aromatic heterocycles. The van der Waals surface area contributed by atoms with Gasteiger partial charge in [-0.1, -0.05) is 23.4 Å². The van der Waals surface area contributed by atoms with Crippen LogP contribution in [0.5, 0.6) is 0 Å². The van der Waals surface area contributed by atoms with Crippen LogP contribution in [-0.4, -0.2) is 45.0 Å². The molecule has 1 saturated carbocycles. The van der Waals surface area contributed by atoms with Crippen LogP contribution in [0.15, 0.2) is 11.4 Å². The van der Waals surface area contributed by atoms with Gasteiger partial charge in [-0.3, -0.25) is 0 Å². The highest BCUT2D eigenvalue weighted by Crippen LogP contribution is 2.47. The molecule has 1 saturated heterocycles. The van der Waals surface area contributed by atoms with E-state index in [4.69, 9.17) is 11.6 Å². The van der Waals surface area contributed by atoms with Crippen LogP contribution in [0.25, 0.3) is 10.9 Å². The Morgan fingerprint density at radius 2 is 2.14 bits per heavy atom. The van der Waals surface area contributed by atoms with Crippen LogP contribution in [0.1, 0.15) is 12.8 Å². The summed E-state index contributed by atoms with van der Waals surface area (Å²) in [6.45, 7) is 1.40. The van der Waals surface area contributed by atoms with E-state index in [2.05, 4.69) is 15.0 Å². The van der Waals surface area contributed by atoms with Crippen LogP contribution in [0, 0.1) is 11.7 Å². The van der Waals surface area contributed by atoms with E-state index >= 15 is 0 Å². The number of hydrogen-bond donors (Lipinski definition) is 1. The summed E-state index contributed by atoms with van der Waals surface area (Å²) < 4.78 is 14.2. The molecule has 0 spiro atoms. The lowest BCUT2D eigenvalue weighted by atomic mass is 9.91. The Bertz CT molecular complexity index is 764. The summed E-state index contributed by atoms with van der Waals surface area (Å²) in [7, 11) is 0. The summed E-state index contributed by atoms with van der Waals surface area (Å²) in [5.41, 5.74) is -0.304. The van der Waals surface area contributed by atoms with Gasteiger partial charge >= 0.3 is 0 Å². The molecule has 2 aromatic rings. The normalized spacial score (nSPS) is 20.3. The first kappa shape index (κ1) is 14.4. The molecule has 1 N–H and O–H groups in total. The molecule has 2 aliphatic rings. The fraction of sp³-hybridized carbons (Fsp3) is 0.500. The van der Waals surface area contributed by atoms with Gasteiger partial charge in [0.2, 0.25) is 0 Å². The van der Waals surface area contributed by atoms with E-state index in [9.17, 15) is 9.50 Å². The van der Waals surface area contributed by atoms with Crippen LogP contribution in [0.3, 0.4) is 0 Å². The molecule has 0 atom stereocenters. The maximum Gasteiger partial charge on any atom is 0.187 e. The lowest BCUT2D eigenvalue weighted by Crippen LogP contribution is -2.53. The molecule has 2 fully saturated rings. The fourth-order valence-electron chi connectivity index (χ4n) is 2.86. The summed E-state index contributed by atoms with van der Waals surface area (Å²) >= 11 is 7.27. The molecule has 8 heteroatoms. The van der Waals surface area contributed by atoms with E-state index in [0.29, 0.717) is 29.5 Å². The molecule has 116 valence electrons. The Balaban J connectivity index is 1.73. The number of pyridine rings is 1.